The van der Waals surface area contributed by atoms with Crippen molar-refractivity contribution in [2.24, 2.45) is 5.41 Å². The molecule has 30 heavy (non-hydrogen) atoms. The number of rotatable bonds is 2. The molecule has 152 valence electrons. The molecule has 1 aromatic carbocycles. The van der Waals surface area contributed by atoms with Crippen molar-refractivity contribution in [3.05, 3.63) is 62.7 Å². The number of pyridine rings is 1. The summed E-state index contributed by atoms with van der Waals surface area (Å²) in [5.41, 5.74) is 5.04. The van der Waals surface area contributed by atoms with Gasteiger partial charge in [-0.1, -0.05) is 32.9 Å². The number of nitrogens with zero attached hydrogens (tertiary/aromatic N) is 2. The van der Waals surface area contributed by atoms with E-state index in [2.05, 4.69) is 25.8 Å². The minimum Gasteiger partial charge on any atom is -0.477 e. The Morgan fingerprint density at radius 1 is 1.33 bits per heavy atom. The molecule has 0 spiro atoms. The third-order valence-corrected chi connectivity index (χ3v) is 6.39. The van der Waals surface area contributed by atoms with E-state index in [1.807, 2.05) is 28.1 Å². The Hall–Kier alpha value is -3.19. The fourth-order valence-electron chi connectivity index (χ4n) is 4.29. The summed E-state index contributed by atoms with van der Waals surface area (Å²) in [6, 6.07) is 7.38. The lowest BCUT2D eigenvalue weighted by molar-refractivity contribution is 0.0693. The molecule has 0 amide bonds. The van der Waals surface area contributed by atoms with Gasteiger partial charge in [-0.05, 0) is 17.9 Å². The van der Waals surface area contributed by atoms with Crippen LogP contribution < -0.4 is 5.43 Å². The second-order valence-electron chi connectivity index (χ2n) is 8.70. The highest BCUT2D eigenvalue weighted by atomic mass is 32.1. The molecular weight excluding hydrogens is 400 g/mol. The fourth-order valence-corrected chi connectivity index (χ4v) is 4.84. The standard InChI is InChI=1S/C23H20N2O4S/c1-23(2,3)19-7-14-12-5-4-6-13(16-10-30-11-24-16)20(12)29-21(14)17-8-18(26)15(22(27)28)9-25(17)19/h4-6,8-11,19H,7H2,1-3H3,(H,27,28). The van der Waals surface area contributed by atoms with E-state index in [0.717, 1.165) is 27.8 Å². The van der Waals surface area contributed by atoms with E-state index in [1.165, 1.54) is 23.6 Å². The zero-order valence-electron chi connectivity index (χ0n) is 16.8. The quantitative estimate of drug-likeness (QED) is 0.480. The molecule has 4 heterocycles. The number of fused-ring (bicyclic) bond motifs is 5. The van der Waals surface area contributed by atoms with Gasteiger partial charge in [-0.2, -0.15) is 0 Å². The molecule has 1 aliphatic rings. The number of hydrogen-bond acceptors (Lipinski definition) is 5. The van der Waals surface area contributed by atoms with Crippen molar-refractivity contribution in [1.82, 2.24) is 9.55 Å². The number of furan rings is 1. The normalized spacial score (nSPS) is 15.8. The van der Waals surface area contributed by atoms with Gasteiger partial charge in [0.05, 0.1) is 16.9 Å². The first-order valence-corrected chi connectivity index (χ1v) is 10.6. The summed E-state index contributed by atoms with van der Waals surface area (Å²) >= 11 is 1.52. The van der Waals surface area contributed by atoms with Gasteiger partial charge in [-0.15, -0.1) is 11.3 Å². The Bertz CT molecular complexity index is 1360. The van der Waals surface area contributed by atoms with Crippen molar-refractivity contribution >= 4 is 28.3 Å². The smallest absolute Gasteiger partial charge is 0.341 e. The number of carbonyl (C=O) groups is 1. The SMILES string of the molecule is CC(C)(C)C1Cc2c(oc3c(-c4cscn4)cccc23)-c2cc(=O)c(C(=O)O)cn21. The molecule has 0 saturated heterocycles. The van der Waals surface area contributed by atoms with E-state index in [0.29, 0.717) is 17.9 Å². The van der Waals surface area contributed by atoms with Gasteiger partial charge >= 0.3 is 5.97 Å². The van der Waals surface area contributed by atoms with Crippen LogP contribution in [0.4, 0.5) is 0 Å². The maximum absolute atomic E-state index is 12.5. The van der Waals surface area contributed by atoms with Gasteiger partial charge in [0.2, 0.25) is 0 Å². The average Bonchev–Trinajstić information content (AvgIpc) is 3.33. The molecule has 1 aliphatic heterocycles. The molecule has 3 aromatic heterocycles. The molecule has 7 heteroatoms. The van der Waals surface area contributed by atoms with Crippen LogP contribution in [0.1, 0.15) is 42.7 Å². The molecule has 4 aromatic rings. The number of thiazole rings is 1. The molecule has 0 aliphatic carbocycles. The molecule has 0 radical (unpaired) electrons. The maximum Gasteiger partial charge on any atom is 0.341 e. The van der Waals surface area contributed by atoms with Crippen molar-refractivity contribution < 1.29 is 14.3 Å². The largest absolute Gasteiger partial charge is 0.477 e. The Kier molecular flexibility index (Phi) is 4.02. The zero-order valence-corrected chi connectivity index (χ0v) is 17.6. The zero-order chi connectivity index (χ0) is 21.2. The summed E-state index contributed by atoms with van der Waals surface area (Å²) < 4.78 is 8.25. The Labute approximate surface area is 176 Å². The lowest BCUT2D eigenvalue weighted by Crippen LogP contribution is -2.32. The fraction of sp³-hybridized carbons (Fsp3) is 0.261. The van der Waals surface area contributed by atoms with Gasteiger partial charge in [0.1, 0.15) is 11.1 Å². The van der Waals surface area contributed by atoms with Crippen molar-refractivity contribution in [1.29, 1.82) is 0 Å². The summed E-state index contributed by atoms with van der Waals surface area (Å²) in [7, 11) is 0. The molecule has 5 rings (SSSR count). The summed E-state index contributed by atoms with van der Waals surface area (Å²) in [5.74, 6) is -0.591. The van der Waals surface area contributed by atoms with Crippen LogP contribution in [0.3, 0.4) is 0 Å². The van der Waals surface area contributed by atoms with Gasteiger partial charge < -0.3 is 14.1 Å². The first kappa shape index (κ1) is 18.8. The van der Waals surface area contributed by atoms with Crippen LogP contribution >= 0.6 is 11.3 Å². The Balaban J connectivity index is 1.84. The highest BCUT2D eigenvalue weighted by molar-refractivity contribution is 7.07. The van der Waals surface area contributed by atoms with Gasteiger partial charge in [0, 0.05) is 40.2 Å². The van der Waals surface area contributed by atoms with Crippen LogP contribution in [0.5, 0.6) is 0 Å². The van der Waals surface area contributed by atoms with Gasteiger partial charge in [-0.25, -0.2) is 9.78 Å². The molecule has 6 nitrogen and oxygen atoms in total. The van der Waals surface area contributed by atoms with E-state index in [-0.39, 0.29) is 17.0 Å². The van der Waals surface area contributed by atoms with E-state index in [9.17, 15) is 14.7 Å². The van der Waals surface area contributed by atoms with Crippen LogP contribution in [0, 0.1) is 5.41 Å². The predicted molar refractivity (Wildman–Crippen MR) is 116 cm³/mol. The molecule has 1 unspecified atom stereocenters. The van der Waals surface area contributed by atoms with E-state index in [1.54, 1.807) is 5.51 Å². The van der Waals surface area contributed by atoms with Gasteiger partial charge in [-0.3, -0.25) is 4.79 Å². The maximum atomic E-state index is 12.5. The molecule has 1 N–H and O–H groups in total. The number of hydrogen-bond donors (Lipinski definition) is 1. The van der Waals surface area contributed by atoms with Gasteiger partial charge in [0.25, 0.3) is 0 Å². The van der Waals surface area contributed by atoms with Crippen LogP contribution in [-0.2, 0) is 6.42 Å². The first-order valence-electron chi connectivity index (χ1n) is 9.68. The number of para-hydroxylation sites is 1. The molecule has 0 saturated carbocycles. The van der Waals surface area contributed by atoms with Crippen molar-refractivity contribution in [2.75, 3.05) is 0 Å². The second kappa shape index (κ2) is 6.40. The number of carboxylic acids is 1. The second-order valence-corrected chi connectivity index (χ2v) is 9.42. The number of carboxylic acid groups (broad SMARTS) is 1. The third kappa shape index (κ3) is 2.73. The van der Waals surface area contributed by atoms with E-state index < -0.39 is 11.4 Å². The monoisotopic (exact) mass is 420 g/mol. The highest BCUT2D eigenvalue weighted by Gasteiger charge is 2.36. The summed E-state index contributed by atoms with van der Waals surface area (Å²) in [4.78, 5) is 28.5. The van der Waals surface area contributed by atoms with Crippen molar-refractivity contribution in [3.63, 3.8) is 0 Å². The van der Waals surface area contributed by atoms with Crippen LogP contribution in [0.15, 0.2) is 50.6 Å². The van der Waals surface area contributed by atoms with Crippen LogP contribution in [0.2, 0.25) is 0 Å². The number of benzene rings is 1. The lowest BCUT2D eigenvalue weighted by Gasteiger charge is -2.37. The summed E-state index contributed by atoms with van der Waals surface area (Å²) in [5, 5.41) is 12.4. The lowest BCUT2D eigenvalue weighted by atomic mass is 9.79. The minimum atomic E-state index is -1.22. The number of aromatic carboxylic acids is 1. The summed E-state index contributed by atoms with van der Waals surface area (Å²) in [6.45, 7) is 6.36. The Morgan fingerprint density at radius 2 is 2.13 bits per heavy atom. The highest BCUT2D eigenvalue weighted by Crippen LogP contribution is 2.47. The first-order chi connectivity index (χ1) is 14.3. The summed E-state index contributed by atoms with van der Waals surface area (Å²) in [6.07, 6.45) is 2.15. The topological polar surface area (TPSA) is 85.3 Å². The molecule has 0 fully saturated rings. The average molecular weight is 420 g/mol. The van der Waals surface area contributed by atoms with Crippen LogP contribution in [-0.4, -0.2) is 20.6 Å². The van der Waals surface area contributed by atoms with E-state index >= 15 is 0 Å². The predicted octanol–water partition coefficient (Wildman–Crippen LogP) is 5.23. The van der Waals surface area contributed by atoms with Crippen molar-refractivity contribution in [2.45, 2.75) is 33.2 Å². The van der Waals surface area contributed by atoms with E-state index in [4.69, 9.17) is 4.42 Å². The van der Waals surface area contributed by atoms with Crippen molar-refractivity contribution in [3.8, 4) is 22.7 Å². The third-order valence-electron chi connectivity index (χ3n) is 5.80. The van der Waals surface area contributed by atoms with Gasteiger partial charge in [0.15, 0.2) is 11.2 Å². The van der Waals surface area contributed by atoms with Crippen LogP contribution in [0.25, 0.3) is 33.7 Å². The molecule has 0 bridgehead atoms. The molecule has 1 atom stereocenters. The Morgan fingerprint density at radius 3 is 2.80 bits per heavy atom. The molecular formula is C23H20N2O4S. The minimum absolute atomic E-state index is 0.0255. The number of aromatic nitrogens is 2.